The molecular formula is C11H22O5Si3. The first-order chi connectivity index (χ1) is 8.79. The van der Waals surface area contributed by atoms with E-state index >= 15 is 0 Å². The summed E-state index contributed by atoms with van der Waals surface area (Å²) in [6.45, 7) is 6.30. The molecule has 8 heteroatoms. The number of rotatable bonds is 8. The molecule has 1 rings (SSSR count). The number of hydrogen-bond donors (Lipinski definition) is 2. The molecular weight excluding hydrogens is 296 g/mol. The summed E-state index contributed by atoms with van der Waals surface area (Å²) in [6.07, 6.45) is 0.622. The van der Waals surface area contributed by atoms with E-state index < -0.39 is 27.4 Å². The summed E-state index contributed by atoms with van der Waals surface area (Å²) < 4.78 is 15.6. The summed E-state index contributed by atoms with van der Waals surface area (Å²) in [5.74, 6) is 0. The Hall–Kier alpha value is -0.329. The Morgan fingerprint density at radius 3 is 2.26 bits per heavy atom. The molecule has 0 aliphatic carbocycles. The normalized spacial score (nSPS) is 13.3. The van der Waals surface area contributed by atoms with Gasteiger partial charge in [0.15, 0.2) is 8.32 Å². The third kappa shape index (κ3) is 8.44. The van der Waals surface area contributed by atoms with Gasteiger partial charge in [-0.2, -0.15) is 0 Å². The van der Waals surface area contributed by atoms with Crippen molar-refractivity contribution in [2.24, 2.45) is 0 Å². The predicted octanol–water partition coefficient (Wildman–Crippen LogP) is 0.533. The van der Waals surface area contributed by atoms with Crippen LogP contribution in [0.3, 0.4) is 0 Å². The van der Waals surface area contributed by atoms with E-state index in [1.807, 2.05) is 50.0 Å². The van der Waals surface area contributed by atoms with E-state index in [4.69, 9.17) is 12.7 Å². The second-order valence-electron chi connectivity index (χ2n) is 5.15. The summed E-state index contributed by atoms with van der Waals surface area (Å²) in [5, 5.41) is 0. The molecule has 108 valence electrons. The van der Waals surface area contributed by atoms with Gasteiger partial charge in [0.1, 0.15) is 0 Å². The van der Waals surface area contributed by atoms with Crippen molar-refractivity contribution in [2.45, 2.75) is 26.1 Å². The highest BCUT2D eigenvalue weighted by atomic mass is 28.5. The molecule has 0 saturated heterocycles. The van der Waals surface area contributed by atoms with Gasteiger partial charge >= 0.3 is 9.05 Å². The van der Waals surface area contributed by atoms with Crippen LogP contribution in [0.1, 0.15) is 5.56 Å². The van der Waals surface area contributed by atoms with Crippen LogP contribution >= 0.6 is 0 Å². The molecule has 0 amide bonds. The molecule has 0 aliphatic rings. The van der Waals surface area contributed by atoms with Gasteiger partial charge in [-0.15, -0.1) is 0 Å². The van der Waals surface area contributed by atoms with Gasteiger partial charge in [-0.25, -0.2) is 0 Å². The van der Waals surface area contributed by atoms with Gasteiger partial charge in [0, 0.05) is 6.61 Å². The predicted molar refractivity (Wildman–Crippen MR) is 80.3 cm³/mol. The summed E-state index contributed by atoms with van der Waals surface area (Å²) in [6, 6.07) is 9.73. The molecule has 0 saturated carbocycles. The Balaban J connectivity index is 2.23. The molecule has 2 N–H and O–H groups in total. The van der Waals surface area contributed by atoms with Gasteiger partial charge in [0.05, 0.1) is 0 Å². The van der Waals surface area contributed by atoms with Crippen LogP contribution in [-0.4, -0.2) is 43.6 Å². The maximum absolute atomic E-state index is 9.61. The molecule has 5 nitrogen and oxygen atoms in total. The Morgan fingerprint density at radius 2 is 1.68 bits per heavy atom. The van der Waals surface area contributed by atoms with Crippen molar-refractivity contribution in [2.75, 3.05) is 6.61 Å². The number of benzene rings is 1. The van der Waals surface area contributed by atoms with Crippen molar-refractivity contribution in [3.63, 3.8) is 0 Å². The van der Waals surface area contributed by atoms with E-state index in [1.54, 1.807) is 0 Å². The number of hydrogen-bond acceptors (Lipinski definition) is 5. The highest BCUT2D eigenvalue weighted by molar-refractivity contribution is 6.74. The van der Waals surface area contributed by atoms with Gasteiger partial charge < -0.3 is 22.2 Å². The zero-order valence-electron chi connectivity index (χ0n) is 11.6. The largest absolute Gasteiger partial charge is 0.664 e. The lowest BCUT2D eigenvalue weighted by Crippen LogP contribution is -2.46. The van der Waals surface area contributed by atoms with E-state index in [9.17, 15) is 9.59 Å². The van der Waals surface area contributed by atoms with Crippen LogP contribution < -0.4 is 0 Å². The molecule has 0 aliphatic heterocycles. The molecule has 0 fully saturated rings. The van der Waals surface area contributed by atoms with Crippen molar-refractivity contribution in [3.05, 3.63) is 35.9 Å². The first-order valence-electron chi connectivity index (χ1n) is 6.19. The maximum Gasteiger partial charge on any atom is 0.664 e. The molecule has 19 heavy (non-hydrogen) atoms. The minimum atomic E-state index is -4.00. The average molecular weight is 319 g/mol. The van der Waals surface area contributed by atoms with Crippen LogP contribution in [-0.2, 0) is 19.1 Å². The highest BCUT2D eigenvalue weighted by Crippen LogP contribution is 2.05. The molecule has 0 bridgehead atoms. The van der Waals surface area contributed by atoms with Crippen LogP contribution in [0.4, 0.5) is 0 Å². The molecule has 0 spiro atoms. The van der Waals surface area contributed by atoms with Gasteiger partial charge in [0.2, 0.25) is 0 Å². The zero-order chi connectivity index (χ0) is 14.4. The van der Waals surface area contributed by atoms with Crippen molar-refractivity contribution in [1.82, 2.24) is 0 Å². The minimum absolute atomic E-state index is 0.227. The molecule has 1 aromatic rings. The second kappa shape index (κ2) is 7.45. The van der Waals surface area contributed by atoms with Gasteiger partial charge in [0.25, 0.3) is 10.0 Å². The highest BCUT2D eigenvalue weighted by Gasteiger charge is 2.36. The smallest absolute Gasteiger partial charge is 0.441 e. The molecule has 0 heterocycles. The minimum Gasteiger partial charge on any atom is -0.441 e. The Labute approximate surface area is 118 Å². The molecule has 0 aromatic heterocycles. The van der Waals surface area contributed by atoms with Crippen molar-refractivity contribution >= 4 is 27.4 Å². The topological polar surface area (TPSA) is 68.2 Å². The molecule has 0 radical (unpaired) electrons. The molecule has 1 aromatic carbocycles. The first-order valence-corrected chi connectivity index (χ1v) is 12.5. The Kier molecular flexibility index (Phi) is 6.56. The Morgan fingerprint density at radius 1 is 1.05 bits per heavy atom. The summed E-state index contributed by atoms with van der Waals surface area (Å²) in [4.78, 5) is 19.2. The van der Waals surface area contributed by atoms with E-state index in [1.165, 1.54) is 0 Å². The lowest BCUT2D eigenvalue weighted by molar-refractivity contribution is 0.0705. The maximum atomic E-state index is 9.61. The fourth-order valence-corrected chi connectivity index (χ4v) is 4.77. The van der Waals surface area contributed by atoms with E-state index in [0.717, 1.165) is 5.56 Å². The van der Waals surface area contributed by atoms with Crippen LogP contribution in [0.25, 0.3) is 0 Å². The zero-order valence-corrected chi connectivity index (χ0v) is 15.0. The van der Waals surface area contributed by atoms with Crippen LogP contribution in [0.15, 0.2) is 30.3 Å². The Bertz CT molecular complexity index is 366. The SMILES string of the molecule is C[Si](C)(C)O[SiH2]O[Si](O)(O)OCCc1ccccc1. The van der Waals surface area contributed by atoms with Crippen LogP contribution in [0.5, 0.6) is 0 Å². The van der Waals surface area contributed by atoms with Gasteiger partial charge in [-0.05, 0) is 31.6 Å². The average Bonchev–Trinajstić information content (AvgIpc) is 2.28. The quantitative estimate of drug-likeness (QED) is 0.685. The monoisotopic (exact) mass is 318 g/mol. The molecule has 0 atom stereocenters. The van der Waals surface area contributed by atoms with Crippen molar-refractivity contribution < 1.29 is 22.2 Å². The van der Waals surface area contributed by atoms with Crippen LogP contribution in [0.2, 0.25) is 19.6 Å². The molecule has 0 unspecified atom stereocenters. The lowest BCUT2D eigenvalue weighted by atomic mass is 10.2. The fraction of sp³-hybridized carbons (Fsp3) is 0.455. The lowest BCUT2D eigenvalue weighted by Gasteiger charge is -2.21. The fourth-order valence-electron chi connectivity index (χ4n) is 1.27. The summed E-state index contributed by atoms with van der Waals surface area (Å²) in [7, 11) is -7.05. The van der Waals surface area contributed by atoms with Gasteiger partial charge in [-0.3, -0.25) is 0 Å². The standard InChI is InChI=1S/C11H22O5Si3/c1-18(2,3)15-17-16-19(12,13)14-10-9-11-7-5-4-6-8-11/h4-8,12-13H,9-10,17H2,1-3H3. The van der Waals surface area contributed by atoms with Crippen molar-refractivity contribution in [3.8, 4) is 0 Å². The van der Waals surface area contributed by atoms with Crippen LogP contribution in [0, 0.1) is 0 Å². The van der Waals surface area contributed by atoms with Crippen molar-refractivity contribution in [1.29, 1.82) is 0 Å². The third-order valence-corrected chi connectivity index (χ3v) is 8.75. The van der Waals surface area contributed by atoms with E-state index in [2.05, 4.69) is 0 Å². The van der Waals surface area contributed by atoms with E-state index in [0.29, 0.717) is 6.42 Å². The van der Waals surface area contributed by atoms with Gasteiger partial charge in [-0.1, -0.05) is 30.3 Å². The third-order valence-electron chi connectivity index (χ3n) is 2.26. The first kappa shape index (κ1) is 16.7. The summed E-state index contributed by atoms with van der Waals surface area (Å²) >= 11 is 0. The summed E-state index contributed by atoms with van der Waals surface area (Å²) in [5.41, 5.74) is 1.09. The second-order valence-corrected chi connectivity index (χ2v) is 13.3. The van der Waals surface area contributed by atoms with E-state index in [-0.39, 0.29) is 6.61 Å².